The molecule has 0 amide bonds. The maximum absolute atomic E-state index is 17.5. The number of nitriles is 1. The van der Waals surface area contributed by atoms with Crippen molar-refractivity contribution in [3.8, 4) is 40.4 Å². The van der Waals surface area contributed by atoms with Crippen molar-refractivity contribution in [3.63, 3.8) is 0 Å². The van der Waals surface area contributed by atoms with Gasteiger partial charge < -0.3 is 24.4 Å². The van der Waals surface area contributed by atoms with Gasteiger partial charge in [-0.15, -0.1) is 5.54 Å². The second kappa shape index (κ2) is 15.3. The summed E-state index contributed by atoms with van der Waals surface area (Å²) in [7, 11) is -0.942. The summed E-state index contributed by atoms with van der Waals surface area (Å²) >= 11 is 0. The number of methoxy groups -OCH3 is 1. The largest absolute Gasteiger partial charge is 0.468 e. The molecule has 3 heterocycles. The molecule has 2 fully saturated rings. The fourth-order valence-corrected chi connectivity index (χ4v) is 13.7. The molecule has 2 bridgehead atoms. The highest BCUT2D eigenvalue weighted by Gasteiger charge is 2.42. The molecule has 54 heavy (non-hydrogen) atoms. The smallest absolute Gasteiger partial charge is 0.422 e. The van der Waals surface area contributed by atoms with Crippen LogP contribution in [0.2, 0.25) is 16.6 Å². The quantitative estimate of drug-likeness (QED) is 0.0741. The van der Waals surface area contributed by atoms with Gasteiger partial charge >= 0.3 is 12.2 Å². The molecule has 0 aliphatic carbocycles. The molecule has 0 spiro atoms. The lowest BCUT2D eigenvalue weighted by atomic mass is 9.90. The first-order valence-electron chi connectivity index (χ1n) is 18.1. The Morgan fingerprint density at radius 1 is 0.963 bits per heavy atom. The minimum atomic E-state index is -4.70. The van der Waals surface area contributed by atoms with Crippen LogP contribution in [0.3, 0.4) is 0 Å². The first-order chi connectivity index (χ1) is 25.6. The summed E-state index contributed by atoms with van der Waals surface area (Å²) in [5, 5.41) is 15.0. The molecule has 6 rings (SSSR count). The van der Waals surface area contributed by atoms with E-state index in [-0.39, 0.29) is 85.6 Å². The third-order valence-corrected chi connectivity index (χ3v) is 17.1. The first kappa shape index (κ1) is 39.2. The number of nitrogens with zero attached hydrogens (tertiary/aromatic N) is 4. The predicted molar refractivity (Wildman–Crippen MR) is 201 cm³/mol. The zero-order valence-corrected chi connectivity index (χ0v) is 32.4. The third kappa shape index (κ3) is 7.44. The molecular weight excluding hydrogens is 722 g/mol. The Morgan fingerprint density at radius 3 is 2.22 bits per heavy atom. The van der Waals surface area contributed by atoms with Gasteiger partial charge in [0.2, 0.25) is 0 Å². The molecule has 0 saturated carbocycles. The minimum absolute atomic E-state index is 0.0388. The molecule has 14 heteroatoms. The van der Waals surface area contributed by atoms with Crippen molar-refractivity contribution in [1.82, 2.24) is 15.3 Å². The fourth-order valence-electron chi connectivity index (χ4n) is 8.51. The van der Waals surface area contributed by atoms with Crippen molar-refractivity contribution in [3.05, 3.63) is 53.1 Å². The summed E-state index contributed by atoms with van der Waals surface area (Å²) < 4.78 is 89.5. The number of hydrogen-bond acceptors (Lipinski definition) is 8. The van der Waals surface area contributed by atoms with Crippen molar-refractivity contribution in [2.24, 2.45) is 0 Å². The number of halogens is 5. The lowest BCUT2D eigenvalue weighted by Crippen LogP contribution is -2.51. The van der Waals surface area contributed by atoms with Crippen molar-refractivity contribution in [2.45, 2.75) is 89.3 Å². The lowest BCUT2D eigenvalue weighted by Gasteiger charge is -2.38. The van der Waals surface area contributed by atoms with Crippen LogP contribution in [0.15, 0.2) is 30.3 Å². The van der Waals surface area contributed by atoms with E-state index in [0.717, 1.165) is 12.8 Å². The average molecular weight is 766 g/mol. The van der Waals surface area contributed by atoms with Crippen LogP contribution in [0, 0.1) is 34.4 Å². The molecule has 8 nitrogen and oxygen atoms in total. The number of benzene rings is 3. The molecular formula is C40H44F5N5O3Si. The van der Waals surface area contributed by atoms with Gasteiger partial charge in [-0.1, -0.05) is 53.5 Å². The maximum atomic E-state index is 17.5. The van der Waals surface area contributed by atoms with E-state index in [0.29, 0.717) is 18.5 Å². The van der Waals surface area contributed by atoms with Gasteiger partial charge in [-0.05, 0) is 64.7 Å². The topological polar surface area (TPSA) is 92.5 Å². The number of piperazine rings is 1. The van der Waals surface area contributed by atoms with E-state index >= 15 is 8.78 Å². The van der Waals surface area contributed by atoms with Crippen LogP contribution >= 0.6 is 0 Å². The van der Waals surface area contributed by atoms with Crippen LogP contribution < -0.4 is 19.7 Å². The Bertz CT molecular complexity index is 2140. The van der Waals surface area contributed by atoms with E-state index in [1.807, 2.05) is 4.90 Å². The molecule has 286 valence electrons. The number of alkyl halides is 3. The van der Waals surface area contributed by atoms with Crippen molar-refractivity contribution in [1.29, 1.82) is 5.26 Å². The molecule has 1 aromatic heterocycles. The summed E-state index contributed by atoms with van der Waals surface area (Å²) in [5.41, 5.74) is 3.74. The van der Waals surface area contributed by atoms with Gasteiger partial charge in [0.05, 0.1) is 17.2 Å². The second-order valence-corrected chi connectivity index (χ2v) is 20.7. The highest BCUT2D eigenvalue weighted by Crippen LogP contribution is 2.44. The number of hydrogen-bond donors (Lipinski definition) is 1. The fraction of sp³-hybridized carbons (Fsp3) is 0.475. The van der Waals surface area contributed by atoms with Crippen LogP contribution in [0.4, 0.5) is 27.8 Å². The number of anilines is 1. The molecule has 3 aromatic carbocycles. The number of ether oxygens (including phenoxy) is 3. The van der Waals surface area contributed by atoms with E-state index in [1.165, 1.54) is 31.4 Å². The van der Waals surface area contributed by atoms with E-state index in [4.69, 9.17) is 14.2 Å². The highest BCUT2D eigenvalue weighted by atomic mass is 28.3. The van der Waals surface area contributed by atoms with Gasteiger partial charge in [0.25, 0.3) is 0 Å². The van der Waals surface area contributed by atoms with Gasteiger partial charge in [0.15, 0.2) is 19.2 Å². The van der Waals surface area contributed by atoms with E-state index in [1.54, 1.807) is 6.07 Å². The van der Waals surface area contributed by atoms with E-state index < -0.39 is 38.5 Å². The monoisotopic (exact) mass is 765 g/mol. The molecule has 4 aromatic rings. The third-order valence-electron chi connectivity index (χ3n) is 10.8. The Balaban J connectivity index is 1.67. The normalized spacial score (nSPS) is 17.4. The Kier molecular flexibility index (Phi) is 11.1. The Labute approximate surface area is 313 Å². The lowest BCUT2D eigenvalue weighted by molar-refractivity contribution is -0.154. The van der Waals surface area contributed by atoms with Gasteiger partial charge in [0, 0.05) is 48.6 Å². The first-order valence-corrected chi connectivity index (χ1v) is 20.4. The number of rotatable bonds is 10. The van der Waals surface area contributed by atoms with Crippen LogP contribution in [0.1, 0.15) is 65.5 Å². The van der Waals surface area contributed by atoms with Crippen molar-refractivity contribution >= 4 is 35.6 Å². The van der Waals surface area contributed by atoms with Crippen LogP contribution in [-0.4, -0.2) is 69.9 Å². The zero-order valence-electron chi connectivity index (χ0n) is 31.4. The average Bonchev–Trinajstić information content (AvgIpc) is 3.46. The number of aromatic nitrogens is 2. The number of fused-ring (bicyclic) bond motifs is 4. The molecule has 2 atom stereocenters. The van der Waals surface area contributed by atoms with Gasteiger partial charge in [-0.25, -0.2) is 8.78 Å². The molecule has 2 aliphatic rings. The summed E-state index contributed by atoms with van der Waals surface area (Å²) in [6, 6.07) is 9.08. The van der Waals surface area contributed by atoms with Gasteiger partial charge in [-0.3, -0.25) is 0 Å². The molecule has 0 unspecified atom stereocenters. The minimum Gasteiger partial charge on any atom is -0.468 e. The van der Waals surface area contributed by atoms with Crippen molar-refractivity contribution in [2.75, 3.05) is 38.5 Å². The van der Waals surface area contributed by atoms with E-state index in [9.17, 15) is 18.4 Å². The van der Waals surface area contributed by atoms with Crippen LogP contribution in [0.5, 0.6) is 11.8 Å². The van der Waals surface area contributed by atoms with Crippen molar-refractivity contribution < 1.29 is 36.2 Å². The predicted octanol–water partition coefficient (Wildman–Crippen LogP) is 9.03. The number of nitrogens with one attached hydrogen (secondary N) is 1. The van der Waals surface area contributed by atoms with Crippen LogP contribution in [-0.2, 0) is 4.74 Å². The van der Waals surface area contributed by atoms with Gasteiger partial charge in [-0.2, -0.15) is 28.4 Å². The Morgan fingerprint density at radius 2 is 1.63 bits per heavy atom. The Hall–Kier alpha value is -4.50. The van der Waals surface area contributed by atoms with Gasteiger partial charge in [0.1, 0.15) is 31.0 Å². The summed E-state index contributed by atoms with van der Waals surface area (Å²) in [6.45, 7) is 11.9. The SMILES string of the molecule is COCOc1cc(-c2c(C#N)cc3c(N4C[C@H]5CC[C@@H](C4)N5)nc(OCC(F)(F)F)nc3c2F)c2c(C#C[Si](C(C)C)(C(C)C)C(C)C)c(F)ccc2c1. The van der Waals surface area contributed by atoms with E-state index in [2.05, 4.69) is 74.4 Å². The molecule has 1 N–H and O–H groups in total. The molecule has 0 radical (unpaired) electrons. The highest BCUT2D eigenvalue weighted by molar-refractivity contribution is 6.90. The maximum Gasteiger partial charge on any atom is 0.422 e. The summed E-state index contributed by atoms with van der Waals surface area (Å²) in [5.74, 6) is 1.99. The summed E-state index contributed by atoms with van der Waals surface area (Å²) in [6.07, 6.45) is -2.91. The second-order valence-electron chi connectivity index (χ2n) is 15.1. The molecule has 2 aliphatic heterocycles. The molecule has 2 saturated heterocycles. The summed E-state index contributed by atoms with van der Waals surface area (Å²) in [4.78, 5) is 10.4. The standard InChI is InChI=1S/C40H44F5N5O3Si/c1-22(2)54(23(3)4,24(5)6)13-12-30-33(41)11-8-25-14-29(53-21-51-7)16-31(34(25)30)35-26(17-46)15-32-37(36(35)42)48-39(52-20-40(43,44)45)49-38(32)50-18-27-9-10-28(19-50)47-27/h8,11,14-16,22-24,27-28,47H,9-10,18-21H2,1-7H3/t27-,28+. The van der Waals surface area contributed by atoms with Crippen LogP contribution in [0.25, 0.3) is 32.8 Å². The zero-order chi connectivity index (χ0) is 39.1.